The van der Waals surface area contributed by atoms with Gasteiger partial charge in [-0.15, -0.1) is 0 Å². The third-order valence-electron chi connectivity index (χ3n) is 4.83. The Morgan fingerprint density at radius 1 is 1.10 bits per heavy atom. The van der Waals surface area contributed by atoms with Crippen LogP contribution in [0.5, 0.6) is 11.5 Å². The third-order valence-corrected chi connectivity index (χ3v) is 5.26. The molecule has 7 heteroatoms. The highest BCUT2D eigenvalue weighted by atomic mass is 35.5. The number of hydrogen-bond acceptors (Lipinski definition) is 6. The molecule has 158 valence electrons. The Kier molecular flexibility index (Phi) is 7.13. The van der Waals surface area contributed by atoms with Crippen LogP contribution in [0, 0.1) is 0 Å². The Balaban J connectivity index is 2.06. The number of carbonyl (C=O) groups excluding carboxylic acids is 2. The molecule has 0 aliphatic carbocycles. The van der Waals surface area contributed by atoms with Gasteiger partial charge in [-0.25, -0.2) is 4.79 Å². The molecule has 2 aromatic carbocycles. The van der Waals surface area contributed by atoms with E-state index in [0.717, 1.165) is 11.6 Å². The number of esters is 1. The number of phenolic OH excluding ortho intramolecular Hbond substituents is 2. The lowest BCUT2D eigenvalue weighted by atomic mass is 9.99. The number of halogens is 1. The van der Waals surface area contributed by atoms with E-state index in [0.29, 0.717) is 19.4 Å². The number of phenols is 2. The third kappa shape index (κ3) is 5.20. The van der Waals surface area contributed by atoms with Crippen molar-refractivity contribution in [2.24, 2.45) is 0 Å². The van der Waals surface area contributed by atoms with Gasteiger partial charge in [0.2, 0.25) is 0 Å². The first-order valence-electron chi connectivity index (χ1n) is 9.67. The van der Waals surface area contributed by atoms with E-state index in [1.54, 1.807) is 6.08 Å². The van der Waals surface area contributed by atoms with Crippen molar-refractivity contribution in [2.75, 3.05) is 6.61 Å². The highest BCUT2D eigenvalue weighted by molar-refractivity contribution is 6.33. The highest BCUT2D eigenvalue weighted by Crippen LogP contribution is 2.38. The van der Waals surface area contributed by atoms with Gasteiger partial charge in [0, 0.05) is 24.5 Å². The summed E-state index contributed by atoms with van der Waals surface area (Å²) in [4.78, 5) is 25.4. The Bertz CT molecular complexity index is 954. The second-order valence-corrected chi connectivity index (χ2v) is 7.52. The summed E-state index contributed by atoms with van der Waals surface area (Å²) in [5.41, 5.74) is 0.573. The molecule has 0 spiro atoms. The van der Waals surface area contributed by atoms with Crippen molar-refractivity contribution in [1.29, 1.82) is 0 Å². The summed E-state index contributed by atoms with van der Waals surface area (Å²) in [6, 6.07) is 10.2. The maximum atomic E-state index is 13.1. The molecule has 6 nitrogen and oxygen atoms in total. The smallest absolute Gasteiger partial charge is 0.342 e. The fourth-order valence-corrected chi connectivity index (χ4v) is 3.56. The Hall–Kier alpha value is -2.83. The molecule has 30 heavy (non-hydrogen) atoms. The molecule has 2 N–H and O–H groups in total. The van der Waals surface area contributed by atoms with E-state index in [-0.39, 0.29) is 34.5 Å². The van der Waals surface area contributed by atoms with Crippen molar-refractivity contribution >= 4 is 23.4 Å². The van der Waals surface area contributed by atoms with Crippen LogP contribution in [0.2, 0.25) is 5.02 Å². The van der Waals surface area contributed by atoms with E-state index in [9.17, 15) is 19.8 Å². The van der Waals surface area contributed by atoms with Crippen LogP contribution < -0.4 is 0 Å². The monoisotopic (exact) mass is 430 g/mol. The zero-order valence-electron chi connectivity index (χ0n) is 16.5. The molecule has 3 rings (SSSR count). The van der Waals surface area contributed by atoms with Crippen LogP contribution in [0.1, 0.15) is 47.4 Å². The van der Waals surface area contributed by atoms with Gasteiger partial charge in [0.05, 0.1) is 17.7 Å². The zero-order valence-corrected chi connectivity index (χ0v) is 17.3. The average molecular weight is 431 g/mol. The van der Waals surface area contributed by atoms with Crippen LogP contribution in [0.15, 0.2) is 48.6 Å². The second-order valence-electron chi connectivity index (χ2n) is 7.14. The topological polar surface area (TPSA) is 93.1 Å². The largest absolute Gasteiger partial charge is 0.507 e. The van der Waals surface area contributed by atoms with Gasteiger partial charge in [0.15, 0.2) is 5.78 Å². The molecule has 0 saturated heterocycles. The van der Waals surface area contributed by atoms with Crippen molar-refractivity contribution < 1.29 is 29.3 Å². The normalized spacial score (nSPS) is 21.9. The first kappa shape index (κ1) is 21.9. The Morgan fingerprint density at radius 3 is 2.57 bits per heavy atom. The van der Waals surface area contributed by atoms with Crippen molar-refractivity contribution in [2.45, 2.75) is 38.4 Å². The van der Waals surface area contributed by atoms with E-state index in [1.165, 1.54) is 6.08 Å². The summed E-state index contributed by atoms with van der Waals surface area (Å²) in [7, 11) is 0. The number of fused-ring (bicyclic) bond motifs is 1. The van der Waals surface area contributed by atoms with E-state index in [1.807, 2.05) is 37.3 Å². The molecular formula is C23H23ClO6. The number of carbonyl (C=O) groups is 2. The SMILES string of the molecule is CC1CC(c2ccccc2)OC(=O)c2c(O)cc(O)c(Cl)c2CC(=O)/C=C/CCO1. The lowest BCUT2D eigenvalue weighted by molar-refractivity contribution is -0.114. The zero-order chi connectivity index (χ0) is 21.7. The first-order chi connectivity index (χ1) is 14.4. The molecule has 0 radical (unpaired) electrons. The summed E-state index contributed by atoms with van der Waals surface area (Å²) in [6.07, 6.45) is 2.88. The number of ether oxygens (including phenoxy) is 2. The van der Waals surface area contributed by atoms with Gasteiger partial charge in [-0.05, 0) is 25.0 Å². The van der Waals surface area contributed by atoms with Crippen molar-refractivity contribution in [3.05, 3.63) is 70.3 Å². The molecule has 2 atom stereocenters. The van der Waals surface area contributed by atoms with Gasteiger partial charge < -0.3 is 19.7 Å². The lowest BCUT2D eigenvalue weighted by Gasteiger charge is -2.23. The highest BCUT2D eigenvalue weighted by Gasteiger charge is 2.28. The molecule has 0 saturated carbocycles. The van der Waals surface area contributed by atoms with Crippen LogP contribution in [0.25, 0.3) is 0 Å². The van der Waals surface area contributed by atoms with Gasteiger partial charge in [-0.2, -0.15) is 0 Å². The summed E-state index contributed by atoms with van der Waals surface area (Å²) >= 11 is 6.18. The van der Waals surface area contributed by atoms with Crippen LogP contribution in [-0.2, 0) is 20.7 Å². The van der Waals surface area contributed by atoms with Crippen molar-refractivity contribution in [3.8, 4) is 11.5 Å². The molecule has 1 aliphatic rings. The average Bonchev–Trinajstić information content (AvgIpc) is 2.71. The van der Waals surface area contributed by atoms with Crippen LogP contribution in [-0.4, -0.2) is 34.7 Å². The van der Waals surface area contributed by atoms with Crippen molar-refractivity contribution in [1.82, 2.24) is 0 Å². The predicted octanol–water partition coefficient (Wildman–Crippen LogP) is 4.52. The number of rotatable bonds is 1. The fourth-order valence-electron chi connectivity index (χ4n) is 3.34. The standard InChI is InChI=1S/C23H23ClO6/c1-14-11-20(15-7-3-2-4-8-15)30-23(28)21-17(22(24)19(27)13-18(21)26)12-16(25)9-5-6-10-29-14/h2-5,7-9,13-14,20,26-27H,6,10-12H2,1H3/b9-5+. The van der Waals surface area contributed by atoms with E-state index < -0.39 is 23.6 Å². The van der Waals surface area contributed by atoms with Crippen LogP contribution >= 0.6 is 11.6 Å². The number of hydrogen-bond donors (Lipinski definition) is 2. The maximum absolute atomic E-state index is 13.1. The molecule has 0 bridgehead atoms. The number of ketones is 1. The molecule has 0 aromatic heterocycles. The molecule has 0 fully saturated rings. The minimum Gasteiger partial charge on any atom is -0.507 e. The predicted molar refractivity (Wildman–Crippen MR) is 112 cm³/mol. The minimum atomic E-state index is -0.834. The summed E-state index contributed by atoms with van der Waals surface area (Å²) in [5.74, 6) is -2.09. The van der Waals surface area contributed by atoms with Crippen LogP contribution in [0.3, 0.4) is 0 Å². The first-order valence-corrected chi connectivity index (χ1v) is 10.0. The molecular weight excluding hydrogens is 408 g/mol. The Morgan fingerprint density at radius 2 is 1.83 bits per heavy atom. The van der Waals surface area contributed by atoms with Gasteiger partial charge >= 0.3 is 5.97 Å². The number of allylic oxidation sites excluding steroid dienone is 1. The van der Waals surface area contributed by atoms with E-state index in [2.05, 4.69) is 0 Å². The van der Waals surface area contributed by atoms with E-state index >= 15 is 0 Å². The van der Waals surface area contributed by atoms with Gasteiger partial charge in [0.1, 0.15) is 23.2 Å². The summed E-state index contributed by atoms with van der Waals surface area (Å²) in [6.45, 7) is 2.30. The maximum Gasteiger partial charge on any atom is 0.342 e. The molecule has 2 aromatic rings. The Labute approximate surface area is 179 Å². The van der Waals surface area contributed by atoms with Gasteiger partial charge in [0.25, 0.3) is 0 Å². The quantitative estimate of drug-likeness (QED) is 0.646. The second kappa shape index (κ2) is 9.78. The molecule has 2 unspecified atom stereocenters. The molecule has 1 heterocycles. The number of cyclic esters (lactones) is 1. The summed E-state index contributed by atoms with van der Waals surface area (Å²) in [5, 5.41) is 20.2. The van der Waals surface area contributed by atoms with Crippen LogP contribution in [0.4, 0.5) is 0 Å². The lowest BCUT2D eigenvalue weighted by Crippen LogP contribution is -2.20. The van der Waals surface area contributed by atoms with Gasteiger partial charge in [-0.3, -0.25) is 4.79 Å². The van der Waals surface area contributed by atoms with Crippen molar-refractivity contribution in [3.63, 3.8) is 0 Å². The molecule has 1 aliphatic heterocycles. The minimum absolute atomic E-state index is 0.0296. The number of aromatic hydroxyl groups is 2. The van der Waals surface area contributed by atoms with E-state index in [4.69, 9.17) is 21.1 Å². The fraction of sp³-hybridized carbons (Fsp3) is 0.304. The molecule has 0 amide bonds. The number of benzene rings is 2. The summed E-state index contributed by atoms with van der Waals surface area (Å²) < 4.78 is 11.5. The van der Waals surface area contributed by atoms with Gasteiger partial charge in [-0.1, -0.05) is 48.0 Å².